The van der Waals surface area contributed by atoms with E-state index >= 15 is 0 Å². The fourth-order valence-electron chi connectivity index (χ4n) is 2.44. The third kappa shape index (κ3) is 5.06. The highest BCUT2D eigenvalue weighted by atomic mass is 16.5. The van der Waals surface area contributed by atoms with Gasteiger partial charge in [-0.2, -0.15) is 0 Å². The first-order valence-electron chi connectivity index (χ1n) is 7.78. The molecule has 0 saturated carbocycles. The van der Waals surface area contributed by atoms with Crippen molar-refractivity contribution in [2.24, 2.45) is 0 Å². The van der Waals surface area contributed by atoms with Gasteiger partial charge in [-0.05, 0) is 12.0 Å². The van der Waals surface area contributed by atoms with Crippen molar-refractivity contribution in [3.8, 4) is 0 Å². The van der Waals surface area contributed by atoms with Gasteiger partial charge in [-0.15, -0.1) is 0 Å². The Bertz CT molecular complexity index is 590. The van der Waals surface area contributed by atoms with Gasteiger partial charge in [-0.3, -0.25) is 14.5 Å². The van der Waals surface area contributed by atoms with Gasteiger partial charge in [-0.25, -0.2) is 4.79 Å². The molecule has 1 fully saturated rings. The first-order valence-corrected chi connectivity index (χ1v) is 7.78. The van der Waals surface area contributed by atoms with E-state index in [2.05, 4.69) is 14.8 Å². The Hall–Kier alpha value is -2.41. The van der Waals surface area contributed by atoms with Crippen molar-refractivity contribution < 1.29 is 23.9 Å². The molecule has 0 radical (unpaired) electrons. The summed E-state index contributed by atoms with van der Waals surface area (Å²) in [5, 5.41) is 2.66. The van der Waals surface area contributed by atoms with Crippen molar-refractivity contribution >= 4 is 17.8 Å². The summed E-state index contributed by atoms with van der Waals surface area (Å²) in [5.41, 5.74) is 1.13. The van der Waals surface area contributed by atoms with Crippen LogP contribution in [0.4, 0.5) is 0 Å². The molecule has 7 nitrogen and oxygen atoms in total. The number of carbonyl (C=O) groups excluding carboxylic acids is 3. The smallest absolute Gasteiger partial charge is 0.328 e. The Morgan fingerprint density at radius 1 is 1.21 bits per heavy atom. The molecular formula is C17H22N2O5. The number of hydrogen-bond donors (Lipinski definition) is 1. The summed E-state index contributed by atoms with van der Waals surface area (Å²) in [6.45, 7) is 1.33. The standard InChI is InChI=1S/C17H22N2O5/c1-23-15(20)9-8-13(17(22)24-2)18-16(21)14-11-19(14)10-12-6-4-3-5-7-12/h3-7,13-14H,8-11H2,1-2H3,(H,18,21). The van der Waals surface area contributed by atoms with Crippen molar-refractivity contribution in [3.63, 3.8) is 0 Å². The minimum Gasteiger partial charge on any atom is -0.469 e. The number of rotatable bonds is 8. The number of esters is 2. The maximum atomic E-state index is 12.3. The molecule has 0 spiro atoms. The lowest BCUT2D eigenvalue weighted by Crippen LogP contribution is -2.44. The quantitative estimate of drug-likeness (QED) is 0.550. The molecule has 3 atom stereocenters. The summed E-state index contributed by atoms with van der Waals surface area (Å²) >= 11 is 0. The number of methoxy groups -OCH3 is 2. The average molecular weight is 334 g/mol. The highest BCUT2D eigenvalue weighted by Crippen LogP contribution is 2.21. The number of nitrogens with zero attached hydrogens (tertiary/aromatic N) is 1. The highest BCUT2D eigenvalue weighted by molar-refractivity contribution is 5.89. The van der Waals surface area contributed by atoms with Gasteiger partial charge in [0.1, 0.15) is 12.1 Å². The molecule has 24 heavy (non-hydrogen) atoms. The van der Waals surface area contributed by atoms with Gasteiger partial charge < -0.3 is 14.8 Å². The Balaban J connectivity index is 1.84. The molecule has 1 aromatic carbocycles. The Morgan fingerprint density at radius 2 is 1.92 bits per heavy atom. The molecule has 0 aromatic heterocycles. The largest absolute Gasteiger partial charge is 0.469 e. The molecule has 1 heterocycles. The molecule has 3 unspecified atom stereocenters. The molecule has 0 aliphatic carbocycles. The van der Waals surface area contributed by atoms with Crippen LogP contribution in [0, 0.1) is 0 Å². The monoisotopic (exact) mass is 334 g/mol. The average Bonchev–Trinajstić information content (AvgIpc) is 3.37. The van der Waals surface area contributed by atoms with E-state index in [-0.39, 0.29) is 24.8 Å². The lowest BCUT2D eigenvalue weighted by Gasteiger charge is -2.16. The molecule has 1 N–H and O–H groups in total. The van der Waals surface area contributed by atoms with E-state index in [1.165, 1.54) is 14.2 Å². The van der Waals surface area contributed by atoms with Gasteiger partial charge in [0.2, 0.25) is 5.91 Å². The molecule has 1 amide bonds. The molecule has 2 rings (SSSR count). The second-order valence-corrected chi connectivity index (χ2v) is 5.63. The number of benzene rings is 1. The van der Waals surface area contributed by atoms with E-state index in [0.29, 0.717) is 13.1 Å². The van der Waals surface area contributed by atoms with Crippen molar-refractivity contribution in [3.05, 3.63) is 35.9 Å². The zero-order chi connectivity index (χ0) is 17.5. The van der Waals surface area contributed by atoms with E-state index in [0.717, 1.165) is 5.56 Å². The van der Waals surface area contributed by atoms with Crippen LogP contribution in [0.2, 0.25) is 0 Å². The molecule has 1 aliphatic heterocycles. The van der Waals surface area contributed by atoms with E-state index in [4.69, 9.17) is 0 Å². The molecule has 130 valence electrons. The number of carbonyl (C=O) groups is 3. The topological polar surface area (TPSA) is 84.7 Å². The van der Waals surface area contributed by atoms with Crippen molar-refractivity contribution in [1.82, 2.24) is 10.2 Å². The molecule has 0 bridgehead atoms. The summed E-state index contributed by atoms with van der Waals surface area (Å²) < 4.78 is 9.23. The summed E-state index contributed by atoms with van der Waals surface area (Å²) in [5.74, 6) is -1.23. The zero-order valence-corrected chi connectivity index (χ0v) is 13.9. The third-order valence-electron chi connectivity index (χ3n) is 3.91. The van der Waals surface area contributed by atoms with Crippen LogP contribution in [0.25, 0.3) is 0 Å². The number of amides is 1. The minimum absolute atomic E-state index is 0.0366. The van der Waals surface area contributed by atoms with Crippen LogP contribution in [-0.4, -0.2) is 55.6 Å². The van der Waals surface area contributed by atoms with E-state index in [1.807, 2.05) is 35.2 Å². The summed E-state index contributed by atoms with van der Waals surface area (Å²) in [4.78, 5) is 37.3. The van der Waals surface area contributed by atoms with Crippen LogP contribution < -0.4 is 5.32 Å². The summed E-state index contributed by atoms with van der Waals surface area (Å²) in [6.07, 6.45) is 0.186. The zero-order valence-electron chi connectivity index (χ0n) is 13.9. The lowest BCUT2D eigenvalue weighted by atomic mass is 10.1. The SMILES string of the molecule is COC(=O)CCC(NC(=O)C1CN1Cc1ccccc1)C(=O)OC. The summed E-state index contributed by atoms with van der Waals surface area (Å²) in [7, 11) is 2.53. The molecule has 7 heteroatoms. The molecule has 1 saturated heterocycles. The lowest BCUT2D eigenvalue weighted by molar-refractivity contribution is -0.146. The minimum atomic E-state index is -0.847. The van der Waals surface area contributed by atoms with Crippen LogP contribution >= 0.6 is 0 Å². The predicted molar refractivity (Wildman–Crippen MR) is 85.8 cm³/mol. The van der Waals surface area contributed by atoms with Gasteiger partial charge in [-0.1, -0.05) is 30.3 Å². The second kappa shape index (κ2) is 8.44. The Labute approximate surface area is 140 Å². The maximum absolute atomic E-state index is 12.3. The van der Waals surface area contributed by atoms with Crippen molar-refractivity contribution in [1.29, 1.82) is 0 Å². The molecular weight excluding hydrogens is 312 g/mol. The van der Waals surface area contributed by atoms with Gasteiger partial charge in [0.25, 0.3) is 0 Å². The predicted octanol–water partition coefficient (Wildman–Crippen LogP) is 0.482. The van der Waals surface area contributed by atoms with E-state index in [1.54, 1.807) is 0 Å². The fourth-order valence-corrected chi connectivity index (χ4v) is 2.44. The highest BCUT2D eigenvalue weighted by Gasteiger charge is 2.41. The molecule has 1 aromatic rings. The van der Waals surface area contributed by atoms with Crippen molar-refractivity contribution in [2.75, 3.05) is 20.8 Å². The number of ether oxygens (including phenoxy) is 2. The Kier molecular flexibility index (Phi) is 6.31. The first-order chi connectivity index (χ1) is 11.5. The number of hydrogen-bond acceptors (Lipinski definition) is 6. The van der Waals surface area contributed by atoms with Crippen LogP contribution in [0.5, 0.6) is 0 Å². The number of nitrogens with one attached hydrogen (secondary N) is 1. The second-order valence-electron chi connectivity index (χ2n) is 5.63. The Morgan fingerprint density at radius 3 is 2.54 bits per heavy atom. The van der Waals surface area contributed by atoms with Gasteiger partial charge in [0, 0.05) is 19.5 Å². The van der Waals surface area contributed by atoms with Crippen LogP contribution in [-0.2, 0) is 30.4 Å². The normalized spacial score (nSPS) is 19.9. The van der Waals surface area contributed by atoms with Gasteiger partial charge in [0.15, 0.2) is 0 Å². The molecule has 1 aliphatic rings. The maximum Gasteiger partial charge on any atom is 0.328 e. The summed E-state index contributed by atoms with van der Waals surface area (Å²) in [6, 6.07) is 8.75. The van der Waals surface area contributed by atoms with E-state index in [9.17, 15) is 14.4 Å². The van der Waals surface area contributed by atoms with Crippen molar-refractivity contribution in [2.45, 2.75) is 31.5 Å². The van der Waals surface area contributed by atoms with Crippen LogP contribution in [0.15, 0.2) is 30.3 Å². The van der Waals surface area contributed by atoms with Gasteiger partial charge in [0.05, 0.1) is 14.2 Å². The third-order valence-corrected chi connectivity index (χ3v) is 3.91. The van der Waals surface area contributed by atoms with Crippen LogP contribution in [0.3, 0.4) is 0 Å². The fraction of sp³-hybridized carbons (Fsp3) is 0.471. The van der Waals surface area contributed by atoms with Gasteiger partial charge >= 0.3 is 11.9 Å². The first kappa shape index (κ1) is 17.9. The van der Waals surface area contributed by atoms with E-state index < -0.39 is 18.0 Å². The van der Waals surface area contributed by atoms with Crippen LogP contribution in [0.1, 0.15) is 18.4 Å².